The van der Waals surface area contributed by atoms with E-state index in [1.807, 2.05) is 19.3 Å². The van der Waals surface area contributed by atoms with E-state index in [1.165, 1.54) is 36.1 Å². The van der Waals surface area contributed by atoms with Crippen LogP contribution in [-0.2, 0) is 19.4 Å². The molecule has 3 nitrogen and oxygen atoms in total. The van der Waals surface area contributed by atoms with Gasteiger partial charge in [0, 0.05) is 31.2 Å². The van der Waals surface area contributed by atoms with Crippen molar-refractivity contribution in [2.45, 2.75) is 32.7 Å². The molecule has 2 aromatic rings. The molecule has 0 aliphatic heterocycles. The normalized spacial score (nSPS) is 13.6. The topological polar surface area (TPSA) is 29.9 Å². The minimum atomic E-state index is 0.940. The van der Waals surface area contributed by atoms with E-state index >= 15 is 0 Å². The van der Waals surface area contributed by atoms with Crippen LogP contribution in [0.4, 0.5) is 5.69 Å². The standard InChI is InChI=1S/C15H19N3/c1-12-16-7-9-18(12)10-8-17-15-6-5-13-3-2-4-14(13)11-15/h5-7,9,11,17H,2-4,8,10H2,1H3. The molecule has 3 rings (SSSR count). The zero-order chi connectivity index (χ0) is 12.4. The van der Waals surface area contributed by atoms with Gasteiger partial charge >= 0.3 is 0 Å². The lowest BCUT2D eigenvalue weighted by molar-refractivity contribution is 0.701. The van der Waals surface area contributed by atoms with Crippen molar-refractivity contribution in [3.05, 3.63) is 47.5 Å². The van der Waals surface area contributed by atoms with Crippen LogP contribution in [0.5, 0.6) is 0 Å². The van der Waals surface area contributed by atoms with E-state index in [0.29, 0.717) is 0 Å². The van der Waals surface area contributed by atoms with E-state index in [4.69, 9.17) is 0 Å². The number of rotatable bonds is 4. The molecular weight excluding hydrogens is 222 g/mol. The summed E-state index contributed by atoms with van der Waals surface area (Å²) in [6.45, 7) is 3.94. The lowest BCUT2D eigenvalue weighted by Crippen LogP contribution is -2.11. The van der Waals surface area contributed by atoms with E-state index in [1.54, 1.807) is 0 Å². The molecule has 0 spiro atoms. The molecule has 0 atom stereocenters. The Morgan fingerprint density at radius 3 is 3.00 bits per heavy atom. The van der Waals surface area contributed by atoms with E-state index < -0.39 is 0 Å². The number of imidazole rings is 1. The molecule has 1 aliphatic carbocycles. The summed E-state index contributed by atoms with van der Waals surface area (Å²) in [5, 5.41) is 3.49. The van der Waals surface area contributed by atoms with Crippen LogP contribution in [0.25, 0.3) is 0 Å². The number of nitrogens with zero attached hydrogens (tertiary/aromatic N) is 2. The van der Waals surface area contributed by atoms with Crippen LogP contribution < -0.4 is 5.32 Å². The van der Waals surface area contributed by atoms with Gasteiger partial charge in [0.2, 0.25) is 0 Å². The number of fused-ring (bicyclic) bond motifs is 1. The van der Waals surface area contributed by atoms with E-state index in [-0.39, 0.29) is 0 Å². The summed E-state index contributed by atoms with van der Waals surface area (Å²) >= 11 is 0. The Kier molecular flexibility index (Phi) is 3.05. The average molecular weight is 241 g/mol. The van der Waals surface area contributed by atoms with Gasteiger partial charge in [-0.05, 0) is 49.4 Å². The Morgan fingerprint density at radius 2 is 2.17 bits per heavy atom. The Labute approximate surface area is 108 Å². The highest BCUT2D eigenvalue weighted by atomic mass is 15.1. The first-order chi connectivity index (χ1) is 8.83. The van der Waals surface area contributed by atoms with Gasteiger partial charge in [-0.15, -0.1) is 0 Å². The van der Waals surface area contributed by atoms with Crippen molar-refractivity contribution >= 4 is 5.69 Å². The first kappa shape index (κ1) is 11.3. The molecule has 0 saturated carbocycles. The van der Waals surface area contributed by atoms with Crippen molar-refractivity contribution in [3.63, 3.8) is 0 Å². The minimum Gasteiger partial charge on any atom is -0.383 e. The number of aromatic nitrogens is 2. The second-order valence-electron chi connectivity index (χ2n) is 4.93. The summed E-state index contributed by atoms with van der Waals surface area (Å²) in [4.78, 5) is 4.22. The number of nitrogens with one attached hydrogen (secondary N) is 1. The fourth-order valence-corrected chi connectivity index (χ4v) is 2.64. The van der Waals surface area contributed by atoms with Crippen molar-refractivity contribution in [2.24, 2.45) is 0 Å². The second-order valence-corrected chi connectivity index (χ2v) is 4.93. The summed E-state index contributed by atoms with van der Waals surface area (Å²) in [5.41, 5.74) is 4.30. The minimum absolute atomic E-state index is 0.940. The number of hydrogen-bond donors (Lipinski definition) is 1. The summed E-state index contributed by atoms with van der Waals surface area (Å²) in [5.74, 6) is 1.07. The van der Waals surface area contributed by atoms with Gasteiger partial charge in [0.15, 0.2) is 0 Å². The molecule has 0 saturated heterocycles. The highest BCUT2D eigenvalue weighted by Gasteiger charge is 2.10. The van der Waals surface area contributed by atoms with Gasteiger partial charge in [0.05, 0.1) is 0 Å². The van der Waals surface area contributed by atoms with Gasteiger partial charge in [-0.25, -0.2) is 4.98 Å². The Morgan fingerprint density at radius 1 is 1.28 bits per heavy atom. The Hall–Kier alpha value is -1.77. The summed E-state index contributed by atoms with van der Waals surface area (Å²) < 4.78 is 2.17. The lowest BCUT2D eigenvalue weighted by Gasteiger charge is -2.10. The fraction of sp³-hybridized carbons (Fsp3) is 0.400. The zero-order valence-corrected chi connectivity index (χ0v) is 10.8. The van der Waals surface area contributed by atoms with Crippen molar-refractivity contribution in [3.8, 4) is 0 Å². The molecule has 1 N–H and O–H groups in total. The molecule has 1 heterocycles. The molecule has 94 valence electrons. The maximum Gasteiger partial charge on any atom is 0.105 e. The first-order valence-corrected chi connectivity index (χ1v) is 6.66. The monoisotopic (exact) mass is 241 g/mol. The molecule has 1 aliphatic rings. The van der Waals surface area contributed by atoms with Crippen LogP contribution in [0.15, 0.2) is 30.6 Å². The Bertz CT molecular complexity index is 542. The van der Waals surface area contributed by atoms with Gasteiger partial charge in [-0.1, -0.05) is 6.07 Å². The smallest absolute Gasteiger partial charge is 0.105 e. The second kappa shape index (κ2) is 4.84. The number of benzene rings is 1. The van der Waals surface area contributed by atoms with Gasteiger partial charge in [-0.2, -0.15) is 0 Å². The number of anilines is 1. The zero-order valence-electron chi connectivity index (χ0n) is 10.8. The molecular formula is C15H19N3. The Balaban J connectivity index is 1.59. The third-order valence-electron chi connectivity index (χ3n) is 3.70. The molecule has 0 amide bonds. The number of aryl methyl sites for hydroxylation is 3. The summed E-state index contributed by atoms with van der Waals surface area (Å²) in [6.07, 6.45) is 7.69. The first-order valence-electron chi connectivity index (χ1n) is 6.66. The molecule has 0 radical (unpaired) electrons. The molecule has 0 bridgehead atoms. The SMILES string of the molecule is Cc1nccn1CCNc1ccc2c(c1)CCC2. The fourth-order valence-electron chi connectivity index (χ4n) is 2.64. The summed E-state index contributed by atoms with van der Waals surface area (Å²) in [6, 6.07) is 6.78. The van der Waals surface area contributed by atoms with Crippen molar-refractivity contribution in [1.29, 1.82) is 0 Å². The van der Waals surface area contributed by atoms with Gasteiger partial charge in [0.25, 0.3) is 0 Å². The van der Waals surface area contributed by atoms with Crippen molar-refractivity contribution in [2.75, 3.05) is 11.9 Å². The van der Waals surface area contributed by atoms with Crippen LogP contribution >= 0.6 is 0 Å². The van der Waals surface area contributed by atoms with Gasteiger partial charge in [-0.3, -0.25) is 0 Å². The van der Waals surface area contributed by atoms with Crippen LogP contribution in [-0.4, -0.2) is 16.1 Å². The van der Waals surface area contributed by atoms with Crippen LogP contribution in [0.3, 0.4) is 0 Å². The van der Waals surface area contributed by atoms with Crippen LogP contribution in [0.1, 0.15) is 23.4 Å². The van der Waals surface area contributed by atoms with E-state index in [9.17, 15) is 0 Å². The molecule has 18 heavy (non-hydrogen) atoms. The summed E-state index contributed by atoms with van der Waals surface area (Å²) in [7, 11) is 0. The predicted molar refractivity (Wildman–Crippen MR) is 73.9 cm³/mol. The third kappa shape index (κ3) is 2.26. The van der Waals surface area contributed by atoms with Gasteiger partial charge < -0.3 is 9.88 Å². The third-order valence-corrected chi connectivity index (χ3v) is 3.70. The van der Waals surface area contributed by atoms with Crippen molar-refractivity contribution in [1.82, 2.24) is 9.55 Å². The highest BCUT2D eigenvalue weighted by Crippen LogP contribution is 2.24. The molecule has 1 aromatic carbocycles. The van der Waals surface area contributed by atoms with E-state index in [0.717, 1.165) is 18.9 Å². The van der Waals surface area contributed by atoms with Crippen molar-refractivity contribution < 1.29 is 0 Å². The predicted octanol–water partition coefficient (Wildman–Crippen LogP) is 2.79. The number of hydrogen-bond acceptors (Lipinski definition) is 2. The molecule has 3 heteroatoms. The lowest BCUT2D eigenvalue weighted by atomic mass is 10.1. The van der Waals surface area contributed by atoms with Gasteiger partial charge in [0.1, 0.15) is 5.82 Å². The molecule has 1 aromatic heterocycles. The molecule has 0 unspecified atom stereocenters. The quantitative estimate of drug-likeness (QED) is 0.892. The van der Waals surface area contributed by atoms with E-state index in [2.05, 4.69) is 33.1 Å². The van der Waals surface area contributed by atoms with Crippen LogP contribution in [0, 0.1) is 6.92 Å². The maximum atomic E-state index is 4.22. The molecule has 0 fully saturated rings. The van der Waals surface area contributed by atoms with Crippen LogP contribution in [0.2, 0.25) is 0 Å². The average Bonchev–Trinajstić information content (AvgIpc) is 2.98. The largest absolute Gasteiger partial charge is 0.383 e. The maximum absolute atomic E-state index is 4.22. The highest BCUT2D eigenvalue weighted by molar-refractivity contribution is 5.50.